The molecular weight excluding hydrogens is 364 g/mol. The van der Waals surface area contributed by atoms with Crippen molar-refractivity contribution in [2.45, 2.75) is 0 Å². The fraction of sp³-hybridized carbons (Fsp3) is 0.0435. The second-order valence-corrected chi connectivity index (χ2v) is 6.22. The maximum Gasteiger partial charge on any atom is 0.168 e. The molecule has 0 unspecified atom stereocenters. The van der Waals surface area contributed by atoms with E-state index in [2.05, 4.69) is 21.0 Å². The van der Waals surface area contributed by atoms with Crippen molar-refractivity contribution in [3.63, 3.8) is 0 Å². The summed E-state index contributed by atoms with van der Waals surface area (Å²) < 4.78 is 5.21. The van der Waals surface area contributed by atoms with Gasteiger partial charge in [0.25, 0.3) is 0 Å². The van der Waals surface area contributed by atoms with Gasteiger partial charge in [-0.2, -0.15) is 5.26 Å². The van der Waals surface area contributed by atoms with Crippen molar-refractivity contribution in [1.82, 2.24) is 15.0 Å². The monoisotopic (exact) mass is 380 g/mol. The Morgan fingerprint density at radius 3 is 2.17 bits per heavy atom. The summed E-state index contributed by atoms with van der Waals surface area (Å²) in [5.41, 5.74) is 2.44. The number of hydrogen-bond acceptors (Lipinski definition) is 6. The van der Waals surface area contributed by atoms with Crippen molar-refractivity contribution in [2.75, 3.05) is 7.11 Å². The third kappa shape index (κ3) is 3.62. The lowest BCUT2D eigenvalue weighted by Crippen LogP contribution is -2.00. The Bertz CT molecular complexity index is 1220. The Morgan fingerprint density at radius 1 is 0.793 bits per heavy atom. The molecule has 0 fully saturated rings. The van der Waals surface area contributed by atoms with Gasteiger partial charge in [0.15, 0.2) is 29.0 Å². The van der Waals surface area contributed by atoms with E-state index >= 15 is 0 Å². The highest BCUT2D eigenvalue weighted by Crippen LogP contribution is 2.36. The minimum Gasteiger partial charge on any atom is -0.504 e. The number of nitriles is 1. The van der Waals surface area contributed by atoms with Gasteiger partial charge < -0.3 is 9.84 Å². The molecule has 0 radical (unpaired) electrons. The summed E-state index contributed by atoms with van der Waals surface area (Å²) in [7, 11) is 1.49. The molecule has 0 bridgehead atoms. The second kappa shape index (κ2) is 7.79. The number of ether oxygens (including phenoxy) is 1. The predicted molar refractivity (Wildman–Crippen MR) is 109 cm³/mol. The summed E-state index contributed by atoms with van der Waals surface area (Å²) in [6.07, 6.45) is 0. The number of aromatic hydroxyl groups is 1. The van der Waals surface area contributed by atoms with E-state index in [0.717, 1.165) is 5.56 Å². The topological polar surface area (TPSA) is 91.9 Å². The van der Waals surface area contributed by atoms with Crippen LogP contribution in [-0.2, 0) is 0 Å². The lowest BCUT2D eigenvalue weighted by atomic mass is 10.1. The van der Waals surface area contributed by atoms with Crippen LogP contribution in [0.25, 0.3) is 34.2 Å². The fourth-order valence-electron chi connectivity index (χ4n) is 2.94. The zero-order valence-electron chi connectivity index (χ0n) is 15.6. The van der Waals surface area contributed by atoms with Crippen molar-refractivity contribution in [2.24, 2.45) is 0 Å². The summed E-state index contributed by atoms with van der Waals surface area (Å²) in [6, 6.07) is 23.8. The van der Waals surface area contributed by atoms with E-state index in [1.807, 2.05) is 36.4 Å². The zero-order valence-corrected chi connectivity index (χ0v) is 15.6. The van der Waals surface area contributed by atoms with Crippen molar-refractivity contribution >= 4 is 0 Å². The molecule has 1 heterocycles. The van der Waals surface area contributed by atoms with E-state index in [1.54, 1.807) is 36.4 Å². The quantitative estimate of drug-likeness (QED) is 0.562. The number of rotatable bonds is 4. The number of phenolic OH excluding ortho intramolecular Hbond substituents is 1. The number of nitrogens with zero attached hydrogens (tertiary/aromatic N) is 4. The SMILES string of the molecule is COc1cccc(-c2nc(-c3ccccc3)nc(-c3cccc(C#N)c3)n2)c1O. The Balaban J connectivity index is 1.95. The third-order valence-corrected chi connectivity index (χ3v) is 4.38. The molecule has 0 aliphatic rings. The van der Waals surface area contributed by atoms with E-state index in [9.17, 15) is 10.4 Å². The Kier molecular flexibility index (Phi) is 4.87. The van der Waals surface area contributed by atoms with E-state index in [0.29, 0.717) is 39.9 Å². The number of hydrogen-bond donors (Lipinski definition) is 1. The molecule has 29 heavy (non-hydrogen) atoms. The minimum absolute atomic E-state index is 0.0445. The normalized spacial score (nSPS) is 10.3. The van der Waals surface area contributed by atoms with Crippen LogP contribution >= 0.6 is 0 Å². The first-order chi connectivity index (χ1) is 14.2. The van der Waals surface area contributed by atoms with E-state index in [1.165, 1.54) is 7.11 Å². The lowest BCUT2D eigenvalue weighted by molar-refractivity contribution is 0.374. The average Bonchev–Trinajstić information content (AvgIpc) is 2.79. The molecular formula is C23H16N4O2. The van der Waals surface area contributed by atoms with Crippen LogP contribution in [0.4, 0.5) is 0 Å². The molecule has 0 saturated carbocycles. The highest BCUT2D eigenvalue weighted by molar-refractivity contribution is 5.72. The van der Waals surface area contributed by atoms with Crippen LogP contribution in [0.5, 0.6) is 11.5 Å². The summed E-state index contributed by atoms with van der Waals surface area (Å²) in [4.78, 5) is 13.7. The van der Waals surface area contributed by atoms with Crippen molar-refractivity contribution < 1.29 is 9.84 Å². The third-order valence-electron chi connectivity index (χ3n) is 4.38. The summed E-state index contributed by atoms with van der Waals surface area (Å²) in [6.45, 7) is 0. The second-order valence-electron chi connectivity index (χ2n) is 6.22. The zero-order chi connectivity index (χ0) is 20.2. The molecule has 0 atom stereocenters. The van der Waals surface area contributed by atoms with Crippen LogP contribution < -0.4 is 4.74 Å². The van der Waals surface area contributed by atoms with Gasteiger partial charge in [-0.05, 0) is 24.3 Å². The van der Waals surface area contributed by atoms with Gasteiger partial charge in [-0.25, -0.2) is 15.0 Å². The van der Waals surface area contributed by atoms with Crippen molar-refractivity contribution in [3.8, 4) is 51.7 Å². The summed E-state index contributed by atoms with van der Waals surface area (Å²) in [5, 5.41) is 19.8. The molecule has 0 amide bonds. The van der Waals surface area contributed by atoms with Gasteiger partial charge in [-0.3, -0.25) is 0 Å². The molecule has 6 nitrogen and oxygen atoms in total. The first kappa shape index (κ1) is 18.1. The van der Waals surface area contributed by atoms with Gasteiger partial charge >= 0.3 is 0 Å². The number of methoxy groups -OCH3 is 1. The van der Waals surface area contributed by atoms with Crippen LogP contribution in [0.3, 0.4) is 0 Å². The molecule has 4 aromatic rings. The van der Waals surface area contributed by atoms with Crippen LogP contribution in [0.2, 0.25) is 0 Å². The molecule has 140 valence electrons. The first-order valence-corrected chi connectivity index (χ1v) is 8.88. The molecule has 0 aliphatic carbocycles. The van der Waals surface area contributed by atoms with Gasteiger partial charge in [0.1, 0.15) is 0 Å². The van der Waals surface area contributed by atoms with E-state index in [4.69, 9.17) is 4.74 Å². The van der Waals surface area contributed by atoms with Gasteiger partial charge in [0.05, 0.1) is 24.3 Å². The molecule has 3 aromatic carbocycles. The maximum absolute atomic E-state index is 10.6. The van der Waals surface area contributed by atoms with Crippen LogP contribution in [0.15, 0.2) is 72.8 Å². The predicted octanol–water partition coefficient (Wildman–Crippen LogP) is 4.46. The van der Waals surface area contributed by atoms with Gasteiger partial charge in [0, 0.05) is 11.1 Å². The van der Waals surface area contributed by atoms with Crippen LogP contribution in [-0.4, -0.2) is 27.2 Å². The molecule has 4 rings (SSSR count). The average molecular weight is 380 g/mol. The summed E-state index contributed by atoms with van der Waals surface area (Å²) in [5.74, 6) is 1.48. The maximum atomic E-state index is 10.6. The largest absolute Gasteiger partial charge is 0.504 e. The number of benzene rings is 3. The molecule has 0 saturated heterocycles. The lowest BCUT2D eigenvalue weighted by Gasteiger charge is -2.11. The number of phenols is 1. The van der Waals surface area contributed by atoms with Crippen LogP contribution in [0, 0.1) is 11.3 Å². The van der Waals surface area contributed by atoms with Crippen LogP contribution in [0.1, 0.15) is 5.56 Å². The molecule has 1 N–H and O–H groups in total. The Labute approximate surface area is 167 Å². The van der Waals surface area contributed by atoms with Gasteiger partial charge in [-0.15, -0.1) is 0 Å². The first-order valence-electron chi connectivity index (χ1n) is 8.88. The summed E-state index contributed by atoms with van der Waals surface area (Å²) >= 11 is 0. The smallest absolute Gasteiger partial charge is 0.168 e. The Hall–Kier alpha value is -4.24. The fourth-order valence-corrected chi connectivity index (χ4v) is 2.94. The standard InChI is InChI=1S/C23H16N4O2/c1-29-19-12-6-11-18(20(19)28)23-26-21(16-8-3-2-4-9-16)25-22(27-23)17-10-5-7-15(13-17)14-24/h2-13,28H,1H3. The van der Waals surface area contributed by atoms with Gasteiger partial charge in [-0.1, -0.05) is 48.5 Å². The molecule has 6 heteroatoms. The van der Waals surface area contributed by atoms with E-state index < -0.39 is 0 Å². The highest BCUT2D eigenvalue weighted by atomic mass is 16.5. The highest BCUT2D eigenvalue weighted by Gasteiger charge is 2.16. The Morgan fingerprint density at radius 2 is 1.45 bits per heavy atom. The van der Waals surface area contributed by atoms with Crippen molar-refractivity contribution in [3.05, 3.63) is 78.4 Å². The molecule has 0 spiro atoms. The molecule has 1 aromatic heterocycles. The molecule has 0 aliphatic heterocycles. The van der Waals surface area contributed by atoms with E-state index in [-0.39, 0.29) is 5.75 Å². The van der Waals surface area contributed by atoms with Crippen molar-refractivity contribution in [1.29, 1.82) is 5.26 Å². The number of aromatic nitrogens is 3. The minimum atomic E-state index is -0.0445. The van der Waals surface area contributed by atoms with Gasteiger partial charge in [0.2, 0.25) is 0 Å². The number of para-hydroxylation sites is 1.